The van der Waals surface area contributed by atoms with Crippen LogP contribution >= 0.6 is 0 Å². The first-order valence-corrected chi connectivity index (χ1v) is 7.71. The molecule has 4 amide bonds. The van der Waals surface area contributed by atoms with Crippen LogP contribution in [0.25, 0.3) is 0 Å². The lowest BCUT2D eigenvalue weighted by atomic mass is 10.0. The van der Waals surface area contributed by atoms with Gasteiger partial charge in [-0.05, 0) is 18.6 Å². The van der Waals surface area contributed by atoms with Gasteiger partial charge in [0, 0.05) is 26.6 Å². The summed E-state index contributed by atoms with van der Waals surface area (Å²) in [5.41, 5.74) is 6.71. The first kappa shape index (κ1) is 16.1. The molecule has 3 N–H and O–H groups in total. The number of amides is 4. The van der Waals surface area contributed by atoms with Crippen molar-refractivity contribution >= 4 is 29.3 Å². The second-order valence-electron chi connectivity index (χ2n) is 5.86. The molecule has 0 aliphatic carbocycles. The zero-order chi connectivity index (χ0) is 17.4. The largest absolute Gasteiger partial charge is 0.373 e. The molecular weight excluding hydrogens is 312 g/mol. The summed E-state index contributed by atoms with van der Waals surface area (Å²) in [5.74, 6) is -2.02. The Kier molecular flexibility index (Phi) is 4.06. The maximum absolute atomic E-state index is 12.8. The molecule has 8 nitrogen and oxygen atoms in total. The van der Waals surface area contributed by atoms with Crippen LogP contribution in [0.4, 0.5) is 5.69 Å². The molecule has 0 radical (unpaired) electrons. The van der Waals surface area contributed by atoms with Gasteiger partial charge in [0.15, 0.2) is 0 Å². The molecule has 2 aliphatic heterocycles. The van der Waals surface area contributed by atoms with Gasteiger partial charge in [-0.15, -0.1) is 0 Å². The van der Waals surface area contributed by atoms with Crippen LogP contribution in [0.5, 0.6) is 0 Å². The number of imide groups is 2. The Morgan fingerprint density at radius 3 is 2.67 bits per heavy atom. The Morgan fingerprint density at radius 1 is 1.25 bits per heavy atom. The standard InChI is InChI=1S/C16H18N4O4/c1-19(8-7-17)10-4-2-3-9-13(10)16(24)20(15(9)23)11-5-6-12(21)18-14(11)22/h2-4,11H,5-8,17H2,1H3,(H,18,21,22). The van der Waals surface area contributed by atoms with E-state index in [-0.39, 0.29) is 24.0 Å². The molecule has 1 fully saturated rings. The van der Waals surface area contributed by atoms with E-state index in [1.54, 1.807) is 30.1 Å². The van der Waals surface area contributed by atoms with Crippen LogP contribution in [-0.2, 0) is 9.59 Å². The number of fused-ring (bicyclic) bond motifs is 1. The molecule has 1 atom stereocenters. The molecule has 1 aromatic carbocycles. The lowest BCUT2D eigenvalue weighted by Gasteiger charge is -2.28. The fourth-order valence-electron chi connectivity index (χ4n) is 3.13. The molecule has 1 unspecified atom stereocenters. The molecule has 3 rings (SSSR count). The Hall–Kier alpha value is -2.74. The van der Waals surface area contributed by atoms with Crippen molar-refractivity contribution in [3.63, 3.8) is 0 Å². The molecule has 24 heavy (non-hydrogen) atoms. The quantitative estimate of drug-likeness (QED) is 0.719. The minimum absolute atomic E-state index is 0.101. The molecular formula is C16H18N4O4. The van der Waals surface area contributed by atoms with Crippen LogP contribution < -0.4 is 16.0 Å². The molecule has 8 heteroatoms. The summed E-state index contributed by atoms with van der Waals surface area (Å²) in [4.78, 5) is 51.6. The summed E-state index contributed by atoms with van der Waals surface area (Å²) >= 11 is 0. The van der Waals surface area contributed by atoms with Gasteiger partial charge in [-0.3, -0.25) is 29.4 Å². The van der Waals surface area contributed by atoms with Crippen molar-refractivity contribution in [2.75, 3.05) is 25.0 Å². The first-order valence-electron chi connectivity index (χ1n) is 7.71. The summed E-state index contributed by atoms with van der Waals surface area (Å²) in [7, 11) is 1.79. The monoisotopic (exact) mass is 330 g/mol. The highest BCUT2D eigenvalue weighted by Crippen LogP contribution is 2.33. The van der Waals surface area contributed by atoms with Gasteiger partial charge < -0.3 is 10.6 Å². The second-order valence-corrected chi connectivity index (χ2v) is 5.86. The van der Waals surface area contributed by atoms with Gasteiger partial charge in [0.25, 0.3) is 11.8 Å². The molecule has 0 aromatic heterocycles. The summed E-state index contributed by atoms with van der Waals surface area (Å²) in [6.07, 6.45) is 0.244. The maximum atomic E-state index is 12.8. The Bertz CT molecular complexity index is 746. The van der Waals surface area contributed by atoms with E-state index in [2.05, 4.69) is 5.32 Å². The van der Waals surface area contributed by atoms with E-state index in [9.17, 15) is 19.2 Å². The van der Waals surface area contributed by atoms with Gasteiger partial charge in [-0.2, -0.15) is 0 Å². The Labute approximate surface area is 138 Å². The minimum atomic E-state index is -0.956. The van der Waals surface area contributed by atoms with Gasteiger partial charge in [0.2, 0.25) is 11.8 Å². The van der Waals surface area contributed by atoms with Crippen LogP contribution in [0.15, 0.2) is 18.2 Å². The smallest absolute Gasteiger partial charge is 0.264 e. The number of likely N-dealkylation sites (N-methyl/N-ethyl adjacent to an activating group) is 1. The zero-order valence-electron chi connectivity index (χ0n) is 13.2. The Balaban J connectivity index is 1.98. The van der Waals surface area contributed by atoms with E-state index in [4.69, 9.17) is 5.73 Å². The van der Waals surface area contributed by atoms with Crippen LogP contribution in [0.3, 0.4) is 0 Å². The van der Waals surface area contributed by atoms with E-state index >= 15 is 0 Å². The number of nitrogens with two attached hydrogens (primary N) is 1. The number of nitrogens with zero attached hydrogens (tertiary/aromatic N) is 2. The Morgan fingerprint density at radius 2 is 2.00 bits per heavy atom. The average molecular weight is 330 g/mol. The molecule has 0 saturated carbocycles. The van der Waals surface area contributed by atoms with Crippen molar-refractivity contribution < 1.29 is 19.2 Å². The SMILES string of the molecule is CN(CCN)c1cccc2c1C(=O)N(C1CCC(=O)NC1=O)C2=O. The number of carbonyl (C=O) groups excluding carboxylic acids is 4. The number of rotatable bonds is 4. The van der Waals surface area contributed by atoms with Crippen molar-refractivity contribution in [2.45, 2.75) is 18.9 Å². The third-order valence-electron chi connectivity index (χ3n) is 4.32. The number of hydrogen-bond acceptors (Lipinski definition) is 6. The van der Waals surface area contributed by atoms with Crippen molar-refractivity contribution in [3.8, 4) is 0 Å². The summed E-state index contributed by atoms with van der Waals surface area (Å²) in [6.45, 7) is 0.926. The summed E-state index contributed by atoms with van der Waals surface area (Å²) < 4.78 is 0. The van der Waals surface area contributed by atoms with Crippen molar-refractivity contribution in [1.29, 1.82) is 0 Å². The average Bonchev–Trinajstić information content (AvgIpc) is 2.80. The predicted molar refractivity (Wildman–Crippen MR) is 85.4 cm³/mol. The normalized spacial score (nSPS) is 20.2. The molecule has 126 valence electrons. The molecule has 1 aromatic rings. The summed E-state index contributed by atoms with van der Waals surface area (Å²) in [6, 6.07) is 4.05. The van der Waals surface area contributed by atoms with Gasteiger partial charge in [-0.25, -0.2) is 0 Å². The molecule has 0 spiro atoms. The molecule has 2 aliphatic rings. The molecule has 1 saturated heterocycles. The number of carbonyl (C=O) groups is 4. The van der Waals surface area contributed by atoms with Crippen molar-refractivity contribution in [2.24, 2.45) is 5.73 Å². The first-order chi connectivity index (χ1) is 11.5. The van der Waals surface area contributed by atoms with E-state index < -0.39 is 29.7 Å². The fraction of sp³-hybridized carbons (Fsp3) is 0.375. The van der Waals surface area contributed by atoms with E-state index in [0.29, 0.717) is 18.8 Å². The molecule has 0 bridgehead atoms. The third-order valence-corrected chi connectivity index (χ3v) is 4.32. The van der Waals surface area contributed by atoms with Crippen molar-refractivity contribution in [3.05, 3.63) is 29.3 Å². The van der Waals surface area contributed by atoms with Gasteiger partial charge in [-0.1, -0.05) is 6.07 Å². The van der Waals surface area contributed by atoms with Crippen LogP contribution in [-0.4, -0.2) is 54.7 Å². The second kappa shape index (κ2) is 6.04. The highest BCUT2D eigenvalue weighted by molar-refractivity contribution is 6.25. The van der Waals surface area contributed by atoms with Gasteiger partial charge >= 0.3 is 0 Å². The van der Waals surface area contributed by atoms with Gasteiger partial charge in [0.05, 0.1) is 16.8 Å². The fourth-order valence-corrected chi connectivity index (χ4v) is 3.13. The number of hydrogen-bond donors (Lipinski definition) is 2. The van der Waals surface area contributed by atoms with E-state index in [1.807, 2.05) is 0 Å². The lowest BCUT2D eigenvalue weighted by Crippen LogP contribution is -2.54. The topological polar surface area (TPSA) is 113 Å². The van der Waals surface area contributed by atoms with Crippen LogP contribution in [0.1, 0.15) is 33.6 Å². The minimum Gasteiger partial charge on any atom is -0.373 e. The maximum Gasteiger partial charge on any atom is 0.264 e. The molecule has 2 heterocycles. The number of piperidine rings is 1. The third kappa shape index (κ3) is 2.44. The number of nitrogens with one attached hydrogen (secondary N) is 1. The number of benzene rings is 1. The highest BCUT2D eigenvalue weighted by Gasteiger charge is 2.45. The van der Waals surface area contributed by atoms with Gasteiger partial charge in [0.1, 0.15) is 6.04 Å². The van der Waals surface area contributed by atoms with Crippen LogP contribution in [0, 0.1) is 0 Å². The van der Waals surface area contributed by atoms with Crippen molar-refractivity contribution in [1.82, 2.24) is 10.2 Å². The predicted octanol–water partition coefficient (Wildman–Crippen LogP) is -0.517. The number of anilines is 1. The van der Waals surface area contributed by atoms with E-state index in [1.165, 1.54) is 0 Å². The van der Waals surface area contributed by atoms with E-state index in [0.717, 1.165) is 4.90 Å². The zero-order valence-corrected chi connectivity index (χ0v) is 13.2. The lowest BCUT2D eigenvalue weighted by molar-refractivity contribution is -0.136. The van der Waals surface area contributed by atoms with Crippen LogP contribution in [0.2, 0.25) is 0 Å². The highest BCUT2D eigenvalue weighted by atomic mass is 16.2. The summed E-state index contributed by atoms with van der Waals surface area (Å²) in [5, 5.41) is 2.18.